The van der Waals surface area contributed by atoms with Gasteiger partial charge in [-0.05, 0) is 6.42 Å². The third kappa shape index (κ3) is 3.60. The molecule has 1 amide bonds. The highest BCUT2D eigenvalue weighted by Crippen LogP contribution is 2.24. The van der Waals surface area contributed by atoms with Gasteiger partial charge in [0, 0.05) is 37.8 Å². The van der Waals surface area contributed by atoms with Gasteiger partial charge in [0.15, 0.2) is 0 Å². The summed E-state index contributed by atoms with van der Waals surface area (Å²) in [6.45, 7) is 2.13. The predicted octanol–water partition coefficient (Wildman–Crippen LogP) is 0.661. The van der Waals surface area contributed by atoms with Crippen molar-refractivity contribution in [3.8, 4) is 0 Å². The highest BCUT2D eigenvalue weighted by atomic mass is 16.4. The van der Waals surface area contributed by atoms with Crippen LogP contribution in [-0.4, -0.2) is 55.2 Å². The molecule has 3 atom stereocenters. The topological polar surface area (TPSA) is 95.7 Å². The molecule has 1 saturated heterocycles. The van der Waals surface area contributed by atoms with Crippen molar-refractivity contribution in [3.05, 3.63) is 18.7 Å². The summed E-state index contributed by atoms with van der Waals surface area (Å²) in [7, 11) is 0. The molecule has 1 aliphatic rings. The number of β-amino-alcohol motifs (C(OH)–C–C–N with tert-alkyl or cyclic N) is 1. The van der Waals surface area contributed by atoms with Crippen LogP contribution in [0.15, 0.2) is 18.7 Å². The lowest BCUT2D eigenvalue weighted by atomic mass is 10.1. The number of carbonyl (C=O) groups excluding carboxylic acids is 1. The molecular formula is C14H21N3O4. The van der Waals surface area contributed by atoms with E-state index in [4.69, 9.17) is 5.11 Å². The van der Waals surface area contributed by atoms with E-state index in [1.165, 1.54) is 4.90 Å². The van der Waals surface area contributed by atoms with Crippen LogP contribution in [0.2, 0.25) is 0 Å². The minimum absolute atomic E-state index is 0.0304. The molecular weight excluding hydrogens is 274 g/mol. The molecule has 1 unspecified atom stereocenters. The summed E-state index contributed by atoms with van der Waals surface area (Å²) in [5.74, 6) is -1.29. The van der Waals surface area contributed by atoms with Crippen LogP contribution in [0.25, 0.3) is 0 Å². The number of carboxylic acid groups (broad SMARTS) is 1. The zero-order chi connectivity index (χ0) is 15.4. The Morgan fingerprint density at radius 2 is 2.24 bits per heavy atom. The molecule has 2 N–H and O–H groups in total. The van der Waals surface area contributed by atoms with E-state index in [9.17, 15) is 14.7 Å². The Kier molecular flexibility index (Phi) is 4.95. The largest absolute Gasteiger partial charge is 0.480 e. The van der Waals surface area contributed by atoms with Crippen LogP contribution < -0.4 is 0 Å². The Hall–Kier alpha value is -1.89. The number of carbonyl (C=O) groups is 2. The minimum atomic E-state index is -1.06. The van der Waals surface area contributed by atoms with Gasteiger partial charge >= 0.3 is 5.97 Å². The Balaban J connectivity index is 2.06. The van der Waals surface area contributed by atoms with Crippen LogP contribution in [0.3, 0.4) is 0 Å². The molecule has 7 heteroatoms. The summed E-state index contributed by atoms with van der Waals surface area (Å²) in [5.41, 5.74) is 0. The Labute approximate surface area is 123 Å². The molecule has 1 fully saturated rings. The number of aliphatic hydroxyl groups is 1. The second-order valence-corrected chi connectivity index (χ2v) is 5.45. The van der Waals surface area contributed by atoms with E-state index < -0.39 is 18.1 Å². The maximum Gasteiger partial charge on any atom is 0.326 e. The van der Waals surface area contributed by atoms with Gasteiger partial charge in [-0.1, -0.05) is 13.3 Å². The summed E-state index contributed by atoms with van der Waals surface area (Å²) in [5, 5.41) is 18.8. The third-order valence-corrected chi connectivity index (χ3v) is 3.86. The van der Waals surface area contributed by atoms with Crippen LogP contribution >= 0.6 is 0 Å². The first-order valence-corrected chi connectivity index (χ1v) is 7.20. The van der Waals surface area contributed by atoms with Gasteiger partial charge in [-0.2, -0.15) is 0 Å². The number of likely N-dealkylation sites (tertiary alicyclic amines) is 1. The molecule has 0 spiro atoms. The molecule has 116 valence electrons. The molecule has 2 rings (SSSR count). The summed E-state index contributed by atoms with van der Waals surface area (Å²) in [6, 6.07) is -0.949. The standard InChI is InChI=1S/C14H21N3O4/c1-2-3-10(16-5-4-15-9-16)6-13(19)17-8-11(18)7-12(17)14(20)21/h4-5,9-12,18H,2-3,6-8H2,1H3,(H,20,21)/t10?,11-,12+/m1/s1. The summed E-state index contributed by atoms with van der Waals surface area (Å²) >= 11 is 0. The van der Waals surface area contributed by atoms with E-state index >= 15 is 0 Å². The van der Waals surface area contributed by atoms with E-state index in [2.05, 4.69) is 4.98 Å². The second-order valence-electron chi connectivity index (χ2n) is 5.45. The Bertz CT molecular complexity index is 488. The maximum atomic E-state index is 12.4. The lowest BCUT2D eigenvalue weighted by Crippen LogP contribution is -2.41. The first kappa shape index (κ1) is 15.5. The zero-order valence-electron chi connectivity index (χ0n) is 12.1. The van der Waals surface area contributed by atoms with Crippen molar-refractivity contribution < 1.29 is 19.8 Å². The predicted molar refractivity (Wildman–Crippen MR) is 74.5 cm³/mol. The van der Waals surface area contributed by atoms with Gasteiger partial charge in [0.05, 0.1) is 12.4 Å². The van der Waals surface area contributed by atoms with E-state index in [1.807, 2.05) is 11.5 Å². The molecule has 0 radical (unpaired) electrons. The van der Waals surface area contributed by atoms with E-state index in [-0.39, 0.29) is 31.3 Å². The normalized spacial score (nSPS) is 23.2. The molecule has 2 heterocycles. The third-order valence-electron chi connectivity index (χ3n) is 3.86. The Morgan fingerprint density at radius 1 is 1.48 bits per heavy atom. The van der Waals surface area contributed by atoms with Crippen molar-refractivity contribution in [2.45, 2.75) is 50.8 Å². The smallest absolute Gasteiger partial charge is 0.326 e. The zero-order valence-corrected chi connectivity index (χ0v) is 12.1. The number of hydrogen-bond donors (Lipinski definition) is 2. The van der Waals surface area contributed by atoms with Gasteiger partial charge < -0.3 is 19.7 Å². The number of aromatic nitrogens is 2. The molecule has 1 aliphatic heterocycles. The first-order chi connectivity index (χ1) is 10.0. The minimum Gasteiger partial charge on any atom is -0.480 e. The highest BCUT2D eigenvalue weighted by Gasteiger charge is 2.39. The van der Waals surface area contributed by atoms with Gasteiger partial charge in [-0.15, -0.1) is 0 Å². The molecule has 1 aromatic rings. The van der Waals surface area contributed by atoms with Crippen LogP contribution in [0.5, 0.6) is 0 Å². The van der Waals surface area contributed by atoms with Crippen molar-refractivity contribution in [1.82, 2.24) is 14.5 Å². The fourth-order valence-electron chi connectivity index (χ4n) is 2.82. The molecule has 7 nitrogen and oxygen atoms in total. The number of nitrogens with zero attached hydrogens (tertiary/aromatic N) is 3. The van der Waals surface area contributed by atoms with Crippen LogP contribution in [-0.2, 0) is 9.59 Å². The van der Waals surface area contributed by atoms with E-state index in [0.29, 0.717) is 0 Å². The van der Waals surface area contributed by atoms with Gasteiger partial charge in [-0.3, -0.25) is 4.79 Å². The van der Waals surface area contributed by atoms with Gasteiger partial charge in [0.2, 0.25) is 5.91 Å². The monoisotopic (exact) mass is 295 g/mol. The fourth-order valence-corrected chi connectivity index (χ4v) is 2.82. The van der Waals surface area contributed by atoms with Crippen molar-refractivity contribution in [3.63, 3.8) is 0 Å². The van der Waals surface area contributed by atoms with Gasteiger partial charge in [0.1, 0.15) is 6.04 Å². The number of aliphatic hydroxyl groups excluding tert-OH is 1. The number of aliphatic carboxylic acids is 1. The van der Waals surface area contributed by atoms with Crippen LogP contribution in [0.4, 0.5) is 0 Å². The lowest BCUT2D eigenvalue weighted by molar-refractivity contribution is -0.148. The maximum absolute atomic E-state index is 12.4. The summed E-state index contributed by atoms with van der Waals surface area (Å²) in [4.78, 5) is 28.9. The second kappa shape index (κ2) is 6.71. The number of rotatable bonds is 6. The number of imidazole rings is 1. The fraction of sp³-hybridized carbons (Fsp3) is 0.643. The average Bonchev–Trinajstić information content (AvgIpc) is 3.06. The van der Waals surface area contributed by atoms with Crippen molar-refractivity contribution >= 4 is 11.9 Å². The lowest BCUT2D eigenvalue weighted by Gasteiger charge is -2.24. The average molecular weight is 295 g/mol. The SMILES string of the molecule is CCCC(CC(=O)N1C[C@H](O)C[C@H]1C(=O)O)n1ccnc1. The number of carboxylic acids is 1. The molecule has 21 heavy (non-hydrogen) atoms. The van der Waals surface area contributed by atoms with Crippen molar-refractivity contribution in [2.75, 3.05) is 6.54 Å². The molecule has 0 saturated carbocycles. The van der Waals surface area contributed by atoms with Crippen LogP contribution in [0.1, 0.15) is 38.6 Å². The van der Waals surface area contributed by atoms with Crippen molar-refractivity contribution in [1.29, 1.82) is 0 Å². The number of hydrogen-bond acceptors (Lipinski definition) is 4. The first-order valence-electron chi connectivity index (χ1n) is 7.20. The summed E-state index contributed by atoms with van der Waals surface area (Å²) in [6.07, 6.45) is 6.44. The quantitative estimate of drug-likeness (QED) is 0.804. The molecule has 0 aliphatic carbocycles. The number of amides is 1. The van der Waals surface area contributed by atoms with Gasteiger partial charge in [0.25, 0.3) is 0 Å². The molecule has 0 aromatic carbocycles. The Morgan fingerprint density at radius 3 is 2.81 bits per heavy atom. The van der Waals surface area contributed by atoms with E-state index in [1.54, 1.807) is 18.7 Å². The molecule has 0 bridgehead atoms. The van der Waals surface area contributed by atoms with E-state index in [0.717, 1.165) is 12.8 Å². The van der Waals surface area contributed by atoms with Crippen LogP contribution in [0, 0.1) is 0 Å². The summed E-state index contributed by atoms with van der Waals surface area (Å²) < 4.78 is 1.88. The van der Waals surface area contributed by atoms with Crippen molar-refractivity contribution in [2.24, 2.45) is 0 Å². The molecule has 1 aromatic heterocycles. The van der Waals surface area contributed by atoms with Gasteiger partial charge in [-0.25, -0.2) is 9.78 Å². The highest BCUT2D eigenvalue weighted by molar-refractivity contribution is 5.84.